The standard InChI is InChI=1S/C24H23NO5/c1-17(30-24(27)19-8-12-21(28-2)13-9-19)23(26)25-20-10-14-22(15-11-20)29-16-18-6-4-3-5-7-18/h3-15,17H,16H2,1-2H3,(H,25,26)/t17-/m0/s1. The van der Waals surface area contributed by atoms with Gasteiger partial charge in [0.1, 0.15) is 18.1 Å². The number of amides is 1. The van der Waals surface area contributed by atoms with Crippen LogP contribution in [0.15, 0.2) is 78.9 Å². The van der Waals surface area contributed by atoms with Crippen LogP contribution in [0.2, 0.25) is 0 Å². The van der Waals surface area contributed by atoms with Crippen molar-refractivity contribution in [2.75, 3.05) is 12.4 Å². The lowest BCUT2D eigenvalue weighted by molar-refractivity contribution is -0.123. The van der Waals surface area contributed by atoms with Crippen molar-refractivity contribution in [3.63, 3.8) is 0 Å². The molecule has 0 heterocycles. The summed E-state index contributed by atoms with van der Waals surface area (Å²) >= 11 is 0. The average molecular weight is 405 g/mol. The number of hydrogen-bond acceptors (Lipinski definition) is 5. The van der Waals surface area contributed by atoms with Crippen LogP contribution in [-0.4, -0.2) is 25.1 Å². The monoisotopic (exact) mass is 405 g/mol. The van der Waals surface area contributed by atoms with Crippen LogP contribution >= 0.6 is 0 Å². The second kappa shape index (κ2) is 10.1. The van der Waals surface area contributed by atoms with Gasteiger partial charge in [-0.25, -0.2) is 4.79 Å². The molecule has 0 bridgehead atoms. The highest BCUT2D eigenvalue weighted by Crippen LogP contribution is 2.18. The summed E-state index contributed by atoms with van der Waals surface area (Å²) in [6.45, 7) is 1.99. The molecule has 30 heavy (non-hydrogen) atoms. The molecule has 0 aromatic heterocycles. The summed E-state index contributed by atoms with van der Waals surface area (Å²) in [6, 6.07) is 23.3. The average Bonchev–Trinajstić information content (AvgIpc) is 2.79. The third-order valence-electron chi connectivity index (χ3n) is 4.35. The molecule has 1 atom stereocenters. The van der Waals surface area contributed by atoms with Gasteiger partial charge >= 0.3 is 5.97 Å². The summed E-state index contributed by atoms with van der Waals surface area (Å²) in [5.74, 6) is 0.323. The molecular weight excluding hydrogens is 382 g/mol. The third-order valence-corrected chi connectivity index (χ3v) is 4.35. The van der Waals surface area contributed by atoms with E-state index in [-0.39, 0.29) is 0 Å². The van der Waals surface area contributed by atoms with Crippen LogP contribution < -0.4 is 14.8 Å². The molecule has 0 unspecified atom stereocenters. The number of methoxy groups -OCH3 is 1. The molecule has 1 amide bonds. The Balaban J connectivity index is 1.49. The van der Waals surface area contributed by atoms with Crippen molar-refractivity contribution in [1.82, 2.24) is 0 Å². The Bertz CT molecular complexity index is 969. The molecule has 3 aromatic carbocycles. The van der Waals surface area contributed by atoms with Crippen molar-refractivity contribution in [3.8, 4) is 11.5 Å². The zero-order chi connectivity index (χ0) is 21.3. The molecule has 3 rings (SSSR count). The van der Waals surface area contributed by atoms with E-state index in [2.05, 4.69) is 5.32 Å². The molecule has 0 aliphatic rings. The lowest BCUT2D eigenvalue weighted by atomic mass is 10.2. The number of hydrogen-bond donors (Lipinski definition) is 1. The van der Waals surface area contributed by atoms with E-state index in [0.29, 0.717) is 29.4 Å². The predicted octanol–water partition coefficient (Wildman–Crippen LogP) is 4.46. The lowest BCUT2D eigenvalue weighted by Crippen LogP contribution is -2.29. The minimum Gasteiger partial charge on any atom is -0.497 e. The Morgan fingerprint density at radius 1 is 0.867 bits per heavy atom. The molecule has 6 nitrogen and oxygen atoms in total. The highest BCUT2D eigenvalue weighted by Gasteiger charge is 2.19. The van der Waals surface area contributed by atoms with Crippen molar-refractivity contribution in [2.24, 2.45) is 0 Å². The molecule has 0 radical (unpaired) electrons. The molecule has 0 aliphatic heterocycles. The number of rotatable bonds is 8. The first-order valence-electron chi connectivity index (χ1n) is 9.48. The van der Waals surface area contributed by atoms with E-state index < -0.39 is 18.0 Å². The summed E-state index contributed by atoms with van der Waals surface area (Å²) in [6.07, 6.45) is -0.950. The molecular formula is C24H23NO5. The number of benzene rings is 3. The van der Waals surface area contributed by atoms with Gasteiger partial charge in [0, 0.05) is 5.69 Å². The van der Waals surface area contributed by atoms with Crippen molar-refractivity contribution < 1.29 is 23.8 Å². The van der Waals surface area contributed by atoms with Crippen LogP contribution in [0.4, 0.5) is 5.69 Å². The second-order valence-corrected chi connectivity index (χ2v) is 6.56. The van der Waals surface area contributed by atoms with Gasteiger partial charge < -0.3 is 19.5 Å². The largest absolute Gasteiger partial charge is 0.497 e. The summed E-state index contributed by atoms with van der Waals surface area (Å²) in [5, 5.41) is 2.73. The number of carbonyl (C=O) groups is 2. The first-order chi connectivity index (χ1) is 14.5. The summed E-state index contributed by atoms with van der Waals surface area (Å²) < 4.78 is 16.0. The van der Waals surface area contributed by atoms with Gasteiger partial charge in [-0.15, -0.1) is 0 Å². The Morgan fingerprint density at radius 3 is 2.13 bits per heavy atom. The van der Waals surface area contributed by atoms with Gasteiger partial charge in [-0.3, -0.25) is 4.79 Å². The molecule has 0 saturated carbocycles. The van der Waals surface area contributed by atoms with Gasteiger partial charge in [-0.2, -0.15) is 0 Å². The molecule has 6 heteroatoms. The number of ether oxygens (including phenoxy) is 3. The van der Waals surface area contributed by atoms with E-state index in [0.717, 1.165) is 5.56 Å². The number of carbonyl (C=O) groups excluding carboxylic acids is 2. The van der Waals surface area contributed by atoms with Gasteiger partial charge in [0.25, 0.3) is 5.91 Å². The van der Waals surface area contributed by atoms with E-state index in [9.17, 15) is 9.59 Å². The zero-order valence-corrected chi connectivity index (χ0v) is 16.8. The first kappa shape index (κ1) is 20.9. The lowest BCUT2D eigenvalue weighted by Gasteiger charge is -2.14. The highest BCUT2D eigenvalue weighted by molar-refractivity contribution is 5.97. The smallest absolute Gasteiger partial charge is 0.338 e. The van der Waals surface area contributed by atoms with E-state index in [1.54, 1.807) is 55.6 Å². The van der Waals surface area contributed by atoms with Gasteiger partial charge in [-0.05, 0) is 61.0 Å². The number of anilines is 1. The Hall–Kier alpha value is -3.80. The maximum Gasteiger partial charge on any atom is 0.338 e. The van der Waals surface area contributed by atoms with Crippen molar-refractivity contribution in [2.45, 2.75) is 19.6 Å². The van der Waals surface area contributed by atoms with E-state index in [1.807, 2.05) is 30.3 Å². The number of esters is 1. The molecule has 1 N–H and O–H groups in total. The molecule has 0 aliphatic carbocycles. The van der Waals surface area contributed by atoms with Gasteiger partial charge in [-0.1, -0.05) is 30.3 Å². The quantitative estimate of drug-likeness (QED) is 0.560. The first-order valence-corrected chi connectivity index (χ1v) is 9.48. The van der Waals surface area contributed by atoms with E-state index in [4.69, 9.17) is 14.2 Å². The summed E-state index contributed by atoms with van der Waals surface area (Å²) in [4.78, 5) is 24.5. The molecule has 0 fully saturated rings. The number of nitrogens with one attached hydrogen (secondary N) is 1. The minimum absolute atomic E-state index is 0.343. The SMILES string of the molecule is COc1ccc(C(=O)O[C@@H](C)C(=O)Nc2ccc(OCc3ccccc3)cc2)cc1. The Kier molecular flexibility index (Phi) is 7.05. The van der Waals surface area contributed by atoms with Crippen molar-refractivity contribution in [1.29, 1.82) is 0 Å². The van der Waals surface area contributed by atoms with Crippen LogP contribution in [0.25, 0.3) is 0 Å². The van der Waals surface area contributed by atoms with Crippen LogP contribution in [0.5, 0.6) is 11.5 Å². The van der Waals surface area contributed by atoms with Crippen molar-refractivity contribution in [3.05, 3.63) is 90.0 Å². The molecule has 0 saturated heterocycles. The van der Waals surface area contributed by atoms with Crippen LogP contribution in [0.3, 0.4) is 0 Å². The van der Waals surface area contributed by atoms with Crippen LogP contribution in [-0.2, 0) is 16.1 Å². The normalized spacial score (nSPS) is 11.3. The Labute approximate surface area is 175 Å². The van der Waals surface area contributed by atoms with Gasteiger partial charge in [0.05, 0.1) is 12.7 Å². The summed E-state index contributed by atoms with van der Waals surface area (Å²) in [5.41, 5.74) is 2.00. The Morgan fingerprint density at radius 2 is 1.50 bits per heavy atom. The zero-order valence-electron chi connectivity index (χ0n) is 16.8. The molecule has 154 valence electrons. The predicted molar refractivity (Wildman–Crippen MR) is 114 cm³/mol. The second-order valence-electron chi connectivity index (χ2n) is 6.56. The van der Waals surface area contributed by atoms with E-state index >= 15 is 0 Å². The fourth-order valence-electron chi connectivity index (χ4n) is 2.63. The van der Waals surface area contributed by atoms with E-state index in [1.165, 1.54) is 6.92 Å². The fourth-order valence-corrected chi connectivity index (χ4v) is 2.63. The third kappa shape index (κ3) is 5.85. The molecule has 3 aromatic rings. The van der Waals surface area contributed by atoms with Crippen LogP contribution in [0.1, 0.15) is 22.8 Å². The highest BCUT2D eigenvalue weighted by atomic mass is 16.5. The van der Waals surface area contributed by atoms with Gasteiger partial charge in [0.2, 0.25) is 0 Å². The minimum atomic E-state index is -0.950. The maximum atomic E-state index is 12.3. The van der Waals surface area contributed by atoms with Crippen molar-refractivity contribution >= 4 is 17.6 Å². The maximum absolute atomic E-state index is 12.3. The molecule has 0 spiro atoms. The fraction of sp³-hybridized carbons (Fsp3) is 0.167. The van der Waals surface area contributed by atoms with Gasteiger partial charge in [0.15, 0.2) is 6.10 Å². The van der Waals surface area contributed by atoms with Crippen LogP contribution in [0, 0.1) is 0 Å². The summed E-state index contributed by atoms with van der Waals surface area (Å²) in [7, 11) is 1.54. The topological polar surface area (TPSA) is 73.9 Å².